The van der Waals surface area contributed by atoms with Crippen molar-refractivity contribution in [3.63, 3.8) is 0 Å². The molecule has 2 heteroatoms. The highest BCUT2D eigenvalue weighted by atomic mass is 28.3. The van der Waals surface area contributed by atoms with Gasteiger partial charge in [-0.2, -0.15) is 0 Å². The minimum atomic E-state index is -1.01. The molecular weight excluding hydrogens is 222 g/mol. The summed E-state index contributed by atoms with van der Waals surface area (Å²) in [6, 6.07) is 9.68. The third kappa shape index (κ3) is 2.63. The number of hydrogen-bond donors (Lipinski definition) is 0. The largest absolute Gasteiger partial charge is 0.323 e. The molecule has 1 aromatic carbocycles. The van der Waals surface area contributed by atoms with E-state index in [9.17, 15) is 0 Å². The quantitative estimate of drug-likeness (QED) is 0.554. The predicted molar refractivity (Wildman–Crippen MR) is 77.8 cm³/mol. The standard InChI is InChI=1S/C15H26NSi/c1-13-15-9-7-6-8-14(15)10-11-16(13,2)12-17(3,4)5/h6-9,13H,10-12H2,1-5H3/q+1/t13-,16+/m0/s1. The van der Waals surface area contributed by atoms with Gasteiger partial charge in [-0.05, 0) is 12.5 Å². The van der Waals surface area contributed by atoms with Gasteiger partial charge < -0.3 is 4.48 Å². The molecule has 1 aromatic rings. The summed E-state index contributed by atoms with van der Waals surface area (Å²) in [5, 5.41) is 0. The fourth-order valence-corrected chi connectivity index (χ4v) is 5.97. The van der Waals surface area contributed by atoms with Crippen LogP contribution in [-0.2, 0) is 6.42 Å². The molecule has 0 saturated heterocycles. The average Bonchev–Trinajstić information content (AvgIpc) is 2.22. The van der Waals surface area contributed by atoms with Crippen LogP contribution < -0.4 is 0 Å². The molecule has 1 aliphatic rings. The molecule has 0 amide bonds. The van der Waals surface area contributed by atoms with E-state index in [1.807, 2.05) is 0 Å². The summed E-state index contributed by atoms with van der Waals surface area (Å²) in [6.45, 7) is 11.2. The van der Waals surface area contributed by atoms with E-state index in [0.29, 0.717) is 6.04 Å². The third-order valence-corrected chi connectivity index (χ3v) is 5.84. The van der Waals surface area contributed by atoms with Crippen molar-refractivity contribution < 1.29 is 4.48 Å². The number of hydrogen-bond acceptors (Lipinski definition) is 0. The van der Waals surface area contributed by atoms with Crippen LogP contribution in [0.1, 0.15) is 24.1 Å². The SMILES string of the molecule is C[C@H]1c2ccccc2CC[N@+]1(C)C[Si](C)(C)C. The summed E-state index contributed by atoms with van der Waals surface area (Å²) in [7, 11) is 1.45. The second-order valence-corrected chi connectivity index (χ2v) is 12.5. The van der Waals surface area contributed by atoms with Crippen molar-refractivity contribution >= 4 is 8.07 Å². The molecule has 0 bridgehead atoms. The Hall–Kier alpha value is -0.603. The second kappa shape index (κ2) is 4.25. The van der Waals surface area contributed by atoms with Crippen LogP contribution in [0.15, 0.2) is 24.3 Å². The van der Waals surface area contributed by atoms with Crippen LogP contribution in [0.5, 0.6) is 0 Å². The Morgan fingerprint density at radius 3 is 2.53 bits per heavy atom. The smallest absolute Gasteiger partial charge is 0.112 e. The molecule has 0 aliphatic carbocycles. The highest BCUT2D eigenvalue weighted by molar-refractivity contribution is 6.76. The van der Waals surface area contributed by atoms with Gasteiger partial charge in [0, 0.05) is 12.0 Å². The van der Waals surface area contributed by atoms with E-state index in [2.05, 4.69) is 57.9 Å². The molecule has 0 spiro atoms. The lowest BCUT2D eigenvalue weighted by Crippen LogP contribution is -2.57. The maximum absolute atomic E-state index is 2.49. The Kier molecular flexibility index (Phi) is 3.21. The van der Waals surface area contributed by atoms with E-state index in [-0.39, 0.29) is 0 Å². The van der Waals surface area contributed by atoms with Gasteiger partial charge in [0.1, 0.15) is 14.1 Å². The fraction of sp³-hybridized carbons (Fsp3) is 0.600. The molecule has 1 heterocycles. The maximum atomic E-state index is 2.49. The number of quaternary nitrogens is 1. The van der Waals surface area contributed by atoms with Gasteiger partial charge in [-0.25, -0.2) is 0 Å². The van der Waals surface area contributed by atoms with E-state index in [4.69, 9.17) is 0 Å². The highest BCUT2D eigenvalue weighted by Gasteiger charge is 2.39. The van der Waals surface area contributed by atoms with Crippen LogP contribution in [0.25, 0.3) is 0 Å². The van der Waals surface area contributed by atoms with Crippen molar-refractivity contribution in [1.29, 1.82) is 0 Å². The minimum absolute atomic E-state index is 0.659. The molecule has 0 fully saturated rings. The van der Waals surface area contributed by atoms with Gasteiger partial charge >= 0.3 is 0 Å². The van der Waals surface area contributed by atoms with Gasteiger partial charge in [0.2, 0.25) is 0 Å². The van der Waals surface area contributed by atoms with Gasteiger partial charge in [-0.1, -0.05) is 43.9 Å². The molecule has 2 rings (SSSR count). The third-order valence-electron chi connectivity index (χ3n) is 4.17. The first-order valence-corrected chi connectivity index (χ1v) is 10.4. The molecule has 0 radical (unpaired) electrons. The number of likely N-dealkylation sites (N-methyl/N-ethyl adjacent to an activating group) is 1. The molecule has 0 aromatic heterocycles. The Bertz CT molecular complexity index is 408. The van der Waals surface area contributed by atoms with E-state index < -0.39 is 8.07 Å². The van der Waals surface area contributed by atoms with E-state index in [1.165, 1.54) is 23.6 Å². The molecule has 94 valence electrons. The molecule has 1 aliphatic heterocycles. The first-order chi connectivity index (χ1) is 7.82. The summed E-state index contributed by atoms with van der Waals surface area (Å²) in [4.78, 5) is 0. The normalized spacial score (nSPS) is 28.9. The lowest BCUT2D eigenvalue weighted by molar-refractivity contribution is -0.930. The Morgan fingerprint density at radius 1 is 1.24 bits per heavy atom. The summed E-state index contributed by atoms with van der Waals surface area (Å²) in [6.07, 6.45) is 2.64. The van der Waals surface area contributed by atoms with Gasteiger partial charge in [0.25, 0.3) is 0 Å². The lowest BCUT2D eigenvalue weighted by atomic mass is 9.92. The molecule has 0 saturated carbocycles. The Labute approximate surface area is 107 Å². The highest BCUT2D eigenvalue weighted by Crippen LogP contribution is 2.35. The zero-order valence-corrected chi connectivity index (χ0v) is 13.0. The van der Waals surface area contributed by atoms with Crippen molar-refractivity contribution in [3.8, 4) is 0 Å². The van der Waals surface area contributed by atoms with Crippen molar-refractivity contribution in [2.24, 2.45) is 0 Å². The van der Waals surface area contributed by atoms with E-state index in [1.54, 1.807) is 11.1 Å². The molecule has 0 unspecified atom stereocenters. The van der Waals surface area contributed by atoms with Crippen LogP contribution in [0, 0.1) is 0 Å². The zero-order valence-electron chi connectivity index (χ0n) is 12.0. The van der Waals surface area contributed by atoms with E-state index in [0.717, 1.165) is 0 Å². The monoisotopic (exact) mass is 248 g/mol. The molecule has 17 heavy (non-hydrogen) atoms. The van der Waals surface area contributed by atoms with Gasteiger partial charge in [0.05, 0.1) is 19.8 Å². The second-order valence-electron chi connectivity index (χ2n) is 7.05. The van der Waals surface area contributed by atoms with Gasteiger partial charge in [-0.15, -0.1) is 0 Å². The summed E-state index contributed by atoms with van der Waals surface area (Å²) >= 11 is 0. The fourth-order valence-electron chi connectivity index (χ4n) is 3.37. The topological polar surface area (TPSA) is 0 Å². The number of rotatable bonds is 2. The van der Waals surface area contributed by atoms with Crippen LogP contribution in [-0.4, -0.2) is 32.3 Å². The minimum Gasteiger partial charge on any atom is -0.323 e. The van der Waals surface area contributed by atoms with E-state index >= 15 is 0 Å². The molecule has 1 nitrogen and oxygen atoms in total. The zero-order chi connectivity index (χ0) is 12.7. The first kappa shape index (κ1) is 12.8. The number of nitrogens with zero attached hydrogens (tertiary/aromatic N) is 1. The maximum Gasteiger partial charge on any atom is 0.112 e. The predicted octanol–water partition coefficient (Wildman–Crippen LogP) is 3.63. The van der Waals surface area contributed by atoms with Crippen LogP contribution >= 0.6 is 0 Å². The molecular formula is C15H26NSi+. The van der Waals surface area contributed by atoms with Crippen LogP contribution in [0.4, 0.5) is 0 Å². The van der Waals surface area contributed by atoms with Crippen molar-refractivity contribution in [2.45, 2.75) is 39.0 Å². The summed E-state index contributed by atoms with van der Waals surface area (Å²) < 4.78 is 1.24. The summed E-state index contributed by atoms with van der Waals surface area (Å²) in [5.41, 5.74) is 3.16. The number of fused-ring (bicyclic) bond motifs is 1. The van der Waals surface area contributed by atoms with Gasteiger partial charge in [-0.3, -0.25) is 0 Å². The van der Waals surface area contributed by atoms with Gasteiger partial charge in [0.15, 0.2) is 0 Å². The van der Waals surface area contributed by atoms with Crippen molar-refractivity contribution in [3.05, 3.63) is 35.4 Å². The lowest BCUT2D eigenvalue weighted by Gasteiger charge is -2.47. The average molecular weight is 248 g/mol. The first-order valence-electron chi connectivity index (χ1n) is 6.74. The molecule has 2 atom stereocenters. The Morgan fingerprint density at radius 2 is 1.88 bits per heavy atom. The Balaban J connectivity index is 2.30. The number of benzene rings is 1. The van der Waals surface area contributed by atoms with Crippen molar-refractivity contribution in [1.82, 2.24) is 0 Å². The van der Waals surface area contributed by atoms with Crippen LogP contribution in [0.3, 0.4) is 0 Å². The molecule has 0 N–H and O–H groups in total. The summed E-state index contributed by atoms with van der Waals surface area (Å²) in [5.74, 6) is 0. The van der Waals surface area contributed by atoms with Crippen LogP contribution in [0.2, 0.25) is 19.6 Å². The van der Waals surface area contributed by atoms with Crippen molar-refractivity contribution in [2.75, 3.05) is 19.8 Å².